The molecule has 1 aliphatic rings. The SMILES string of the molecule is CS(=O)(=O)N1CCN(C(=O)c2ccccc2Br)CC1. The number of piperazine rings is 1. The summed E-state index contributed by atoms with van der Waals surface area (Å²) in [5.41, 5.74) is 0.607. The van der Waals surface area contributed by atoms with Gasteiger partial charge < -0.3 is 4.90 Å². The molecule has 1 saturated heterocycles. The first-order chi connectivity index (χ1) is 8.89. The van der Waals surface area contributed by atoms with Crippen molar-refractivity contribution in [1.29, 1.82) is 0 Å². The van der Waals surface area contributed by atoms with Crippen LogP contribution >= 0.6 is 15.9 Å². The fourth-order valence-corrected chi connectivity index (χ4v) is 3.31. The predicted molar refractivity (Wildman–Crippen MR) is 76.5 cm³/mol. The summed E-state index contributed by atoms with van der Waals surface area (Å²) in [6.45, 7) is 1.56. The molecular formula is C12H15BrN2O3S. The third-order valence-corrected chi connectivity index (χ3v) is 5.09. The van der Waals surface area contributed by atoms with Crippen molar-refractivity contribution in [1.82, 2.24) is 9.21 Å². The lowest BCUT2D eigenvalue weighted by Crippen LogP contribution is -2.50. The predicted octanol–water partition coefficient (Wildman–Crippen LogP) is 1.17. The molecule has 1 amide bonds. The quantitative estimate of drug-likeness (QED) is 0.807. The Bertz CT molecular complexity index is 580. The van der Waals surface area contributed by atoms with Gasteiger partial charge in [-0.15, -0.1) is 0 Å². The minimum atomic E-state index is -3.16. The van der Waals surface area contributed by atoms with Crippen LogP contribution in [-0.4, -0.2) is 56.0 Å². The number of carbonyl (C=O) groups excluding carboxylic acids is 1. The number of hydrogen-bond acceptors (Lipinski definition) is 3. The molecule has 1 heterocycles. The van der Waals surface area contributed by atoms with Crippen molar-refractivity contribution in [2.24, 2.45) is 0 Å². The van der Waals surface area contributed by atoms with Crippen LogP contribution in [0.5, 0.6) is 0 Å². The average molecular weight is 347 g/mol. The Hall–Kier alpha value is -0.920. The second kappa shape index (κ2) is 5.60. The Morgan fingerprint density at radius 2 is 1.74 bits per heavy atom. The van der Waals surface area contributed by atoms with E-state index in [1.165, 1.54) is 10.6 Å². The van der Waals surface area contributed by atoms with Crippen LogP contribution in [0.15, 0.2) is 28.7 Å². The van der Waals surface area contributed by atoms with Gasteiger partial charge in [-0.25, -0.2) is 8.42 Å². The second-order valence-corrected chi connectivity index (χ2v) is 7.27. The molecule has 0 aliphatic carbocycles. The third-order valence-electron chi connectivity index (χ3n) is 3.10. The van der Waals surface area contributed by atoms with Crippen molar-refractivity contribution in [2.45, 2.75) is 0 Å². The summed E-state index contributed by atoms with van der Waals surface area (Å²) in [6, 6.07) is 7.24. The van der Waals surface area contributed by atoms with Crippen LogP contribution < -0.4 is 0 Å². The smallest absolute Gasteiger partial charge is 0.255 e. The summed E-state index contributed by atoms with van der Waals surface area (Å²) in [4.78, 5) is 14.0. The largest absolute Gasteiger partial charge is 0.336 e. The number of hydrogen-bond donors (Lipinski definition) is 0. The zero-order chi connectivity index (χ0) is 14.0. The second-order valence-electron chi connectivity index (χ2n) is 4.43. The summed E-state index contributed by atoms with van der Waals surface area (Å²) in [5.74, 6) is -0.0689. The first-order valence-electron chi connectivity index (χ1n) is 5.88. The molecule has 104 valence electrons. The lowest BCUT2D eigenvalue weighted by molar-refractivity contribution is 0.0697. The van der Waals surface area contributed by atoms with Gasteiger partial charge in [0.2, 0.25) is 10.0 Å². The number of amides is 1. The summed E-state index contributed by atoms with van der Waals surface area (Å²) >= 11 is 3.35. The highest BCUT2D eigenvalue weighted by Gasteiger charge is 2.27. The molecule has 19 heavy (non-hydrogen) atoms. The van der Waals surface area contributed by atoms with E-state index < -0.39 is 10.0 Å². The van der Waals surface area contributed by atoms with E-state index >= 15 is 0 Å². The number of rotatable bonds is 2. The Labute approximate surface area is 121 Å². The summed E-state index contributed by atoms with van der Waals surface area (Å²) in [7, 11) is -3.16. The van der Waals surface area contributed by atoms with Gasteiger partial charge in [0, 0.05) is 30.7 Å². The zero-order valence-electron chi connectivity index (χ0n) is 10.5. The Morgan fingerprint density at radius 3 is 2.26 bits per heavy atom. The molecule has 0 bridgehead atoms. The first-order valence-corrected chi connectivity index (χ1v) is 8.52. The monoisotopic (exact) mass is 346 g/mol. The highest BCUT2D eigenvalue weighted by Crippen LogP contribution is 2.19. The highest BCUT2D eigenvalue weighted by molar-refractivity contribution is 9.10. The number of halogens is 1. The topological polar surface area (TPSA) is 57.7 Å². The summed E-state index contributed by atoms with van der Waals surface area (Å²) < 4.78 is 25.0. The molecule has 1 aliphatic heterocycles. The summed E-state index contributed by atoms with van der Waals surface area (Å²) in [6.07, 6.45) is 1.19. The third kappa shape index (κ3) is 3.34. The molecule has 0 radical (unpaired) electrons. The molecule has 0 N–H and O–H groups in total. The van der Waals surface area contributed by atoms with Crippen LogP contribution in [0.4, 0.5) is 0 Å². The minimum absolute atomic E-state index is 0.0689. The van der Waals surface area contributed by atoms with Gasteiger partial charge in [-0.2, -0.15) is 4.31 Å². The van der Waals surface area contributed by atoms with E-state index in [0.717, 1.165) is 4.47 Å². The Morgan fingerprint density at radius 1 is 1.16 bits per heavy atom. The van der Waals surface area contributed by atoms with Gasteiger partial charge >= 0.3 is 0 Å². The first kappa shape index (κ1) is 14.5. The number of benzene rings is 1. The molecule has 0 unspecified atom stereocenters. The van der Waals surface area contributed by atoms with E-state index in [9.17, 15) is 13.2 Å². The van der Waals surface area contributed by atoms with Crippen LogP contribution in [0.2, 0.25) is 0 Å². The lowest BCUT2D eigenvalue weighted by Gasteiger charge is -2.33. The molecule has 1 aromatic carbocycles. The molecule has 1 fully saturated rings. The van der Waals surface area contributed by atoms with Gasteiger partial charge in [0.05, 0.1) is 11.8 Å². The van der Waals surface area contributed by atoms with Crippen LogP contribution in [0.1, 0.15) is 10.4 Å². The molecule has 2 rings (SSSR count). The maximum Gasteiger partial charge on any atom is 0.255 e. The summed E-state index contributed by atoms with van der Waals surface area (Å²) in [5, 5.41) is 0. The van der Waals surface area contributed by atoms with Gasteiger partial charge in [-0.05, 0) is 28.1 Å². The van der Waals surface area contributed by atoms with Gasteiger partial charge in [-0.3, -0.25) is 4.79 Å². The Kier molecular flexibility index (Phi) is 4.27. The fraction of sp³-hybridized carbons (Fsp3) is 0.417. The average Bonchev–Trinajstić information content (AvgIpc) is 2.38. The van der Waals surface area contributed by atoms with Crippen LogP contribution in [0.3, 0.4) is 0 Å². The van der Waals surface area contributed by atoms with Crippen molar-refractivity contribution in [2.75, 3.05) is 32.4 Å². The van der Waals surface area contributed by atoms with Crippen molar-refractivity contribution < 1.29 is 13.2 Å². The number of carbonyl (C=O) groups is 1. The van der Waals surface area contributed by atoms with Crippen molar-refractivity contribution in [3.63, 3.8) is 0 Å². The van der Waals surface area contributed by atoms with Crippen molar-refractivity contribution in [3.05, 3.63) is 34.3 Å². The fourth-order valence-electron chi connectivity index (χ4n) is 2.03. The molecule has 7 heteroatoms. The lowest BCUT2D eigenvalue weighted by atomic mass is 10.2. The zero-order valence-corrected chi connectivity index (χ0v) is 12.9. The number of nitrogens with zero attached hydrogens (tertiary/aromatic N) is 2. The van der Waals surface area contributed by atoms with Crippen LogP contribution in [-0.2, 0) is 10.0 Å². The molecule has 0 spiro atoms. The van der Waals surface area contributed by atoms with Crippen molar-refractivity contribution >= 4 is 31.9 Å². The molecular weight excluding hydrogens is 332 g/mol. The normalized spacial score (nSPS) is 17.5. The molecule has 0 atom stereocenters. The number of sulfonamides is 1. The maximum absolute atomic E-state index is 12.3. The van der Waals surface area contributed by atoms with Crippen LogP contribution in [0, 0.1) is 0 Å². The minimum Gasteiger partial charge on any atom is -0.336 e. The standard InChI is InChI=1S/C12H15BrN2O3S/c1-19(17,18)15-8-6-14(7-9-15)12(16)10-4-2-3-5-11(10)13/h2-5H,6-9H2,1H3. The van der Waals surface area contributed by atoms with Gasteiger partial charge in [0.1, 0.15) is 0 Å². The van der Waals surface area contributed by atoms with Gasteiger partial charge in [0.15, 0.2) is 0 Å². The van der Waals surface area contributed by atoms with Gasteiger partial charge in [0.25, 0.3) is 5.91 Å². The Balaban J connectivity index is 2.07. The molecule has 1 aromatic rings. The van der Waals surface area contributed by atoms with E-state index in [-0.39, 0.29) is 5.91 Å². The highest BCUT2D eigenvalue weighted by atomic mass is 79.9. The van der Waals surface area contributed by atoms with Crippen LogP contribution in [0.25, 0.3) is 0 Å². The van der Waals surface area contributed by atoms with E-state index in [2.05, 4.69) is 15.9 Å². The molecule has 5 nitrogen and oxygen atoms in total. The van der Waals surface area contributed by atoms with Gasteiger partial charge in [-0.1, -0.05) is 12.1 Å². The van der Waals surface area contributed by atoms with E-state index in [4.69, 9.17) is 0 Å². The maximum atomic E-state index is 12.3. The molecule has 0 saturated carbocycles. The molecule has 0 aromatic heterocycles. The van der Waals surface area contributed by atoms with E-state index in [0.29, 0.717) is 31.7 Å². The van der Waals surface area contributed by atoms with Crippen molar-refractivity contribution in [3.8, 4) is 0 Å². The van der Waals surface area contributed by atoms with E-state index in [1.807, 2.05) is 18.2 Å². The van der Waals surface area contributed by atoms with E-state index in [1.54, 1.807) is 11.0 Å².